The van der Waals surface area contributed by atoms with Crippen LogP contribution in [0.4, 0.5) is 5.69 Å². The summed E-state index contributed by atoms with van der Waals surface area (Å²) in [4.78, 5) is 0. The Kier molecular flexibility index (Phi) is 4.30. The number of nitrogen functional groups attached to an aromatic ring is 1. The van der Waals surface area contributed by atoms with Gasteiger partial charge in [-0.15, -0.1) is 0 Å². The zero-order valence-electron chi connectivity index (χ0n) is 11.7. The molecule has 0 aliphatic heterocycles. The largest absolute Gasteiger partial charge is 0.495 e. The van der Waals surface area contributed by atoms with Crippen molar-refractivity contribution in [2.75, 3.05) is 12.8 Å². The number of nitrogens with two attached hydrogens (primary N) is 1. The van der Waals surface area contributed by atoms with E-state index in [1.54, 1.807) is 34.5 Å². The summed E-state index contributed by atoms with van der Waals surface area (Å²) >= 11 is 0. The number of ether oxygens (including phenoxy) is 1. The van der Waals surface area contributed by atoms with Gasteiger partial charge in [0.05, 0.1) is 24.0 Å². The van der Waals surface area contributed by atoms with Crippen LogP contribution in [-0.2, 0) is 4.65 Å². The van der Waals surface area contributed by atoms with Crippen LogP contribution in [0.5, 0.6) is 5.75 Å². The molecule has 1 radical (unpaired) electrons. The molecule has 0 spiro atoms. The SMILES string of the molecule is COc1c(N)cccc1[B]OC(C)(C)C(C)(C)O. The van der Waals surface area contributed by atoms with Crippen LogP contribution in [0.25, 0.3) is 0 Å². The summed E-state index contributed by atoms with van der Waals surface area (Å²) in [5.41, 5.74) is 5.42. The van der Waals surface area contributed by atoms with Gasteiger partial charge in [0.25, 0.3) is 0 Å². The van der Waals surface area contributed by atoms with Gasteiger partial charge in [0.15, 0.2) is 0 Å². The molecule has 0 saturated carbocycles. The molecule has 0 atom stereocenters. The third-order valence-corrected chi connectivity index (χ3v) is 3.23. The van der Waals surface area contributed by atoms with Crippen molar-refractivity contribution in [2.45, 2.75) is 38.9 Å². The van der Waals surface area contributed by atoms with Gasteiger partial charge in [0, 0.05) is 0 Å². The van der Waals surface area contributed by atoms with E-state index < -0.39 is 11.2 Å². The van der Waals surface area contributed by atoms with Crippen LogP contribution in [0.2, 0.25) is 0 Å². The molecule has 0 unspecified atom stereocenters. The van der Waals surface area contributed by atoms with Gasteiger partial charge in [0.1, 0.15) is 5.75 Å². The molecule has 0 saturated heterocycles. The minimum absolute atomic E-state index is 0.552. The molecule has 0 heterocycles. The van der Waals surface area contributed by atoms with Gasteiger partial charge < -0.3 is 20.2 Å². The first kappa shape index (κ1) is 14.9. The van der Waals surface area contributed by atoms with E-state index in [0.29, 0.717) is 11.4 Å². The standard InChI is InChI=1S/C13H21BNO3/c1-12(2,16)13(3,4)18-14-9-7-6-8-10(15)11(9)17-5/h6-8,16H,15H2,1-5H3. The fraction of sp³-hybridized carbons (Fsp3) is 0.538. The predicted molar refractivity (Wildman–Crippen MR) is 74.3 cm³/mol. The Morgan fingerprint density at radius 2 is 1.83 bits per heavy atom. The van der Waals surface area contributed by atoms with Gasteiger partial charge in [-0.1, -0.05) is 12.1 Å². The average molecular weight is 250 g/mol. The number of methoxy groups -OCH3 is 1. The van der Waals surface area contributed by atoms with Crippen molar-refractivity contribution >= 4 is 18.6 Å². The Hall–Kier alpha value is -1.20. The lowest BCUT2D eigenvalue weighted by Gasteiger charge is -2.37. The Morgan fingerprint density at radius 3 is 2.33 bits per heavy atom. The number of rotatable bonds is 5. The molecule has 1 aromatic carbocycles. The molecule has 3 N–H and O–H groups in total. The third kappa shape index (κ3) is 3.18. The van der Waals surface area contributed by atoms with Crippen LogP contribution in [-0.4, -0.2) is 30.9 Å². The zero-order valence-corrected chi connectivity index (χ0v) is 11.7. The second-order valence-corrected chi connectivity index (χ2v) is 5.27. The Bertz CT molecular complexity index is 413. The van der Waals surface area contributed by atoms with Crippen molar-refractivity contribution in [3.8, 4) is 5.75 Å². The van der Waals surface area contributed by atoms with Gasteiger partial charge in [-0.05, 0) is 39.2 Å². The van der Waals surface area contributed by atoms with Gasteiger partial charge in [-0.25, -0.2) is 0 Å². The van der Waals surface area contributed by atoms with Crippen molar-refractivity contribution < 1.29 is 14.5 Å². The number of para-hydroxylation sites is 1. The molecular weight excluding hydrogens is 229 g/mol. The van der Waals surface area contributed by atoms with E-state index >= 15 is 0 Å². The highest BCUT2D eigenvalue weighted by atomic mass is 16.5. The summed E-state index contributed by atoms with van der Waals surface area (Å²) in [6.45, 7) is 7.05. The topological polar surface area (TPSA) is 64.7 Å². The molecule has 0 bridgehead atoms. The van der Waals surface area contributed by atoms with Gasteiger partial charge >= 0.3 is 7.48 Å². The zero-order chi connectivity index (χ0) is 14.0. The summed E-state index contributed by atoms with van der Waals surface area (Å²) in [7, 11) is 3.12. The molecule has 0 aliphatic carbocycles. The first-order chi connectivity index (χ1) is 8.19. The fourth-order valence-electron chi connectivity index (χ4n) is 1.26. The molecule has 0 fully saturated rings. The summed E-state index contributed by atoms with van der Waals surface area (Å²) in [5.74, 6) is 0.573. The quantitative estimate of drug-likeness (QED) is 0.606. The molecule has 18 heavy (non-hydrogen) atoms. The van der Waals surface area contributed by atoms with Crippen molar-refractivity contribution in [3.63, 3.8) is 0 Å². The lowest BCUT2D eigenvalue weighted by molar-refractivity contribution is -0.0893. The van der Waals surface area contributed by atoms with Crippen LogP contribution in [0, 0.1) is 0 Å². The molecule has 5 heteroatoms. The van der Waals surface area contributed by atoms with E-state index in [0.717, 1.165) is 5.46 Å². The summed E-state index contributed by atoms with van der Waals surface area (Å²) in [5, 5.41) is 10.0. The highest BCUT2D eigenvalue weighted by Crippen LogP contribution is 2.25. The van der Waals surface area contributed by atoms with Crippen molar-refractivity contribution in [2.24, 2.45) is 0 Å². The first-order valence-corrected chi connectivity index (χ1v) is 5.85. The number of hydrogen-bond acceptors (Lipinski definition) is 4. The van der Waals surface area contributed by atoms with Crippen molar-refractivity contribution in [1.82, 2.24) is 0 Å². The number of anilines is 1. The van der Waals surface area contributed by atoms with Crippen LogP contribution in [0.1, 0.15) is 27.7 Å². The number of hydrogen-bond donors (Lipinski definition) is 2. The van der Waals surface area contributed by atoms with Crippen molar-refractivity contribution in [1.29, 1.82) is 0 Å². The van der Waals surface area contributed by atoms with E-state index in [2.05, 4.69) is 0 Å². The maximum atomic E-state index is 10.0. The molecular formula is C13H21BNO3. The number of aliphatic hydroxyl groups is 1. The molecule has 1 aromatic rings. The van der Waals surface area contributed by atoms with Gasteiger partial charge in [0.2, 0.25) is 0 Å². The van der Waals surface area contributed by atoms with E-state index in [1.165, 1.54) is 0 Å². The molecule has 0 aliphatic rings. The lowest BCUT2D eigenvalue weighted by atomic mass is 9.82. The molecule has 0 amide bonds. The van der Waals surface area contributed by atoms with Crippen LogP contribution in [0.3, 0.4) is 0 Å². The van der Waals surface area contributed by atoms with E-state index in [4.69, 9.17) is 15.1 Å². The molecule has 0 aromatic heterocycles. The highest BCUT2D eigenvalue weighted by Gasteiger charge is 2.36. The smallest absolute Gasteiger partial charge is 0.334 e. The molecule has 99 valence electrons. The summed E-state index contributed by atoms with van der Waals surface area (Å²) < 4.78 is 10.9. The van der Waals surface area contributed by atoms with E-state index in [1.807, 2.05) is 26.0 Å². The number of benzene rings is 1. The van der Waals surface area contributed by atoms with Crippen LogP contribution in [0.15, 0.2) is 18.2 Å². The monoisotopic (exact) mass is 250 g/mol. The van der Waals surface area contributed by atoms with Crippen LogP contribution >= 0.6 is 0 Å². The minimum Gasteiger partial charge on any atom is -0.495 e. The minimum atomic E-state index is -0.961. The van der Waals surface area contributed by atoms with Gasteiger partial charge in [-0.2, -0.15) is 0 Å². The van der Waals surface area contributed by atoms with E-state index in [-0.39, 0.29) is 0 Å². The fourth-order valence-corrected chi connectivity index (χ4v) is 1.26. The average Bonchev–Trinajstić information content (AvgIpc) is 2.25. The Labute approximate surface area is 109 Å². The Morgan fingerprint density at radius 1 is 1.22 bits per heavy atom. The second-order valence-electron chi connectivity index (χ2n) is 5.27. The van der Waals surface area contributed by atoms with Gasteiger partial charge in [-0.3, -0.25) is 0 Å². The molecule has 1 rings (SSSR count). The van der Waals surface area contributed by atoms with Crippen LogP contribution < -0.4 is 15.9 Å². The Balaban J connectivity index is 2.85. The second kappa shape index (κ2) is 5.20. The summed E-state index contributed by atoms with van der Waals surface area (Å²) in [6, 6.07) is 5.43. The lowest BCUT2D eigenvalue weighted by Crippen LogP contribution is -2.49. The normalized spacial score (nSPS) is 12.3. The van der Waals surface area contributed by atoms with E-state index in [9.17, 15) is 5.11 Å². The summed E-state index contributed by atoms with van der Waals surface area (Å²) in [6.07, 6.45) is 0. The van der Waals surface area contributed by atoms with Crippen molar-refractivity contribution in [3.05, 3.63) is 18.2 Å². The maximum absolute atomic E-state index is 10.0. The maximum Gasteiger partial charge on any atom is 0.334 e. The molecule has 4 nitrogen and oxygen atoms in total. The first-order valence-electron chi connectivity index (χ1n) is 5.85. The third-order valence-electron chi connectivity index (χ3n) is 3.23. The predicted octanol–water partition coefficient (Wildman–Crippen LogP) is 1.09. The highest BCUT2D eigenvalue weighted by molar-refractivity contribution is 6.48.